The topological polar surface area (TPSA) is 67.4 Å². The van der Waals surface area contributed by atoms with Crippen molar-refractivity contribution >= 4 is 69.6 Å². The maximum absolute atomic E-state index is 15.0. The molecule has 2 aromatic carbocycles. The van der Waals surface area contributed by atoms with Crippen LogP contribution in [0.25, 0.3) is 0 Å². The van der Waals surface area contributed by atoms with Gasteiger partial charge in [-0.25, -0.2) is 8.78 Å². The smallest absolute Gasteiger partial charge is 0.253 e. The molecule has 34 heavy (non-hydrogen) atoms. The second-order valence-corrected chi connectivity index (χ2v) is 10.0. The predicted molar refractivity (Wildman–Crippen MR) is 131 cm³/mol. The van der Waals surface area contributed by atoms with Gasteiger partial charge in [-0.3, -0.25) is 9.59 Å². The Balaban J connectivity index is 1.82. The number of alkyl halides is 2. The maximum atomic E-state index is 15.0. The molecule has 3 rings (SSSR count). The van der Waals surface area contributed by atoms with Gasteiger partial charge >= 0.3 is 0 Å². The summed E-state index contributed by atoms with van der Waals surface area (Å²) in [6.45, 7) is 5.27. The Bertz CT molecular complexity index is 1130. The number of aryl methyl sites for hydroxylation is 1. The van der Waals surface area contributed by atoms with Gasteiger partial charge in [0.15, 0.2) is 5.82 Å². The van der Waals surface area contributed by atoms with Crippen molar-refractivity contribution in [3.8, 4) is 0 Å². The molecule has 11 heteroatoms. The predicted octanol–water partition coefficient (Wildman–Crippen LogP) is 6.72. The Hall–Kier alpha value is -1.64. The second kappa shape index (κ2) is 10.5. The first-order valence-electron chi connectivity index (χ1n) is 10.5. The van der Waals surface area contributed by atoms with E-state index < -0.39 is 51.4 Å². The molecule has 0 heterocycles. The average molecular weight is 554 g/mol. The van der Waals surface area contributed by atoms with Crippen LogP contribution < -0.4 is 10.6 Å². The molecule has 0 saturated heterocycles. The van der Waals surface area contributed by atoms with Gasteiger partial charge in [0, 0.05) is 12.5 Å². The van der Waals surface area contributed by atoms with Gasteiger partial charge in [0.25, 0.3) is 5.91 Å². The van der Waals surface area contributed by atoms with Gasteiger partial charge in [-0.1, -0.05) is 36.2 Å². The Labute approximate surface area is 216 Å². The van der Waals surface area contributed by atoms with E-state index in [9.17, 15) is 18.4 Å². The molecule has 1 aliphatic carbocycles. The highest BCUT2D eigenvalue weighted by Gasteiger charge is 2.67. The highest BCUT2D eigenvalue weighted by Crippen LogP contribution is 2.65. The first-order chi connectivity index (χ1) is 15.9. The van der Waals surface area contributed by atoms with Crippen molar-refractivity contribution in [2.45, 2.75) is 43.5 Å². The number of halogens is 6. The first-order valence-corrected chi connectivity index (χ1v) is 12.0. The molecule has 2 unspecified atom stereocenters. The number of carbonyl (C=O) groups is 2. The number of rotatable bonds is 8. The van der Waals surface area contributed by atoms with E-state index in [1.165, 1.54) is 6.92 Å². The lowest BCUT2D eigenvalue weighted by Crippen LogP contribution is -2.28. The molecular formula is C23H22Cl4F2N2O3. The minimum absolute atomic E-state index is 0.245. The summed E-state index contributed by atoms with van der Waals surface area (Å²) in [5, 5.41) is 5.25. The van der Waals surface area contributed by atoms with Crippen molar-refractivity contribution < 1.29 is 23.1 Å². The maximum Gasteiger partial charge on any atom is 0.253 e. The van der Waals surface area contributed by atoms with Crippen molar-refractivity contribution in [1.82, 2.24) is 0 Å². The lowest BCUT2D eigenvalue weighted by Gasteiger charge is -2.15. The van der Waals surface area contributed by atoms with Crippen LogP contribution in [-0.2, 0) is 20.7 Å². The number of benzene rings is 2. The Morgan fingerprint density at radius 1 is 1.15 bits per heavy atom. The quantitative estimate of drug-likeness (QED) is 0.356. The van der Waals surface area contributed by atoms with Crippen LogP contribution in [0.2, 0.25) is 10.0 Å². The normalized spacial score (nSPS) is 19.4. The van der Waals surface area contributed by atoms with Crippen LogP contribution in [0.15, 0.2) is 24.3 Å². The molecule has 0 spiro atoms. The van der Waals surface area contributed by atoms with Crippen LogP contribution in [-0.4, -0.2) is 28.9 Å². The molecule has 0 aliphatic heterocycles. The standard InChI is InChI=1S/C23H22Cl4F2N2O3/c1-4-11-8-12(9-13(24)18(11)25)16-17(23(16,26)27)22(33)30-15-7-6-14(28)20(19(15)29)31-21(32)10(3)34-5-2/h6-10,16-17H,4-5H2,1-3H3,(H,30,33)(H,31,32)/t10?,16-,17?/m0/s1. The third kappa shape index (κ3) is 5.29. The molecule has 2 N–H and O–H groups in total. The zero-order valence-electron chi connectivity index (χ0n) is 18.4. The number of carbonyl (C=O) groups excluding carboxylic acids is 2. The van der Waals surface area contributed by atoms with E-state index in [-0.39, 0.29) is 12.3 Å². The van der Waals surface area contributed by atoms with Crippen molar-refractivity contribution in [2.24, 2.45) is 5.92 Å². The summed E-state index contributed by atoms with van der Waals surface area (Å²) >= 11 is 25.2. The molecule has 1 aliphatic rings. The van der Waals surface area contributed by atoms with Crippen LogP contribution in [0.5, 0.6) is 0 Å². The zero-order valence-corrected chi connectivity index (χ0v) is 21.5. The lowest BCUT2D eigenvalue weighted by molar-refractivity contribution is -0.126. The van der Waals surface area contributed by atoms with Crippen LogP contribution in [0.4, 0.5) is 20.2 Å². The number of nitrogens with one attached hydrogen (secondary N) is 2. The van der Waals surface area contributed by atoms with Gasteiger partial charge in [0.05, 0.1) is 21.7 Å². The van der Waals surface area contributed by atoms with Gasteiger partial charge < -0.3 is 15.4 Å². The fourth-order valence-corrected chi connectivity index (χ4v) is 5.02. The molecule has 5 nitrogen and oxygen atoms in total. The Morgan fingerprint density at radius 2 is 1.82 bits per heavy atom. The molecule has 0 aromatic heterocycles. The molecule has 2 amide bonds. The molecule has 0 radical (unpaired) electrons. The molecule has 1 fully saturated rings. The third-order valence-electron chi connectivity index (χ3n) is 5.58. The summed E-state index contributed by atoms with van der Waals surface area (Å²) in [6.07, 6.45) is -0.327. The number of hydrogen-bond acceptors (Lipinski definition) is 3. The van der Waals surface area contributed by atoms with Gasteiger partial charge in [0.2, 0.25) is 5.91 Å². The summed E-state index contributed by atoms with van der Waals surface area (Å²) in [6, 6.07) is 5.33. The van der Waals surface area contributed by atoms with Crippen molar-refractivity contribution in [2.75, 3.05) is 17.2 Å². The van der Waals surface area contributed by atoms with E-state index in [1.807, 2.05) is 6.92 Å². The Kier molecular flexibility index (Phi) is 8.36. The molecular weight excluding hydrogens is 532 g/mol. The molecule has 0 bridgehead atoms. The van der Waals surface area contributed by atoms with Crippen LogP contribution in [0.3, 0.4) is 0 Å². The minimum Gasteiger partial charge on any atom is -0.369 e. The van der Waals surface area contributed by atoms with E-state index in [1.54, 1.807) is 19.1 Å². The summed E-state index contributed by atoms with van der Waals surface area (Å²) < 4.78 is 32.9. The van der Waals surface area contributed by atoms with E-state index in [4.69, 9.17) is 51.1 Å². The SMILES string of the molecule is CCOC(C)C(=O)Nc1c(F)ccc(NC(=O)C2[C@H](c3cc(Cl)c(Cl)c(CC)c3)C2(Cl)Cl)c1F. The van der Waals surface area contributed by atoms with E-state index in [0.29, 0.717) is 22.0 Å². The summed E-state index contributed by atoms with van der Waals surface area (Å²) in [4.78, 5) is 25.1. The molecule has 184 valence electrons. The van der Waals surface area contributed by atoms with Crippen LogP contribution in [0.1, 0.15) is 37.8 Å². The van der Waals surface area contributed by atoms with Crippen molar-refractivity contribution in [1.29, 1.82) is 0 Å². The Morgan fingerprint density at radius 3 is 2.44 bits per heavy atom. The minimum atomic E-state index is -1.47. The van der Waals surface area contributed by atoms with Gasteiger partial charge in [-0.15, -0.1) is 23.2 Å². The third-order valence-corrected chi connectivity index (χ3v) is 7.37. The highest BCUT2D eigenvalue weighted by molar-refractivity contribution is 6.53. The number of hydrogen-bond donors (Lipinski definition) is 2. The van der Waals surface area contributed by atoms with Crippen molar-refractivity contribution in [3.63, 3.8) is 0 Å². The summed E-state index contributed by atoms with van der Waals surface area (Å²) in [5.41, 5.74) is 0.338. The van der Waals surface area contributed by atoms with Gasteiger partial charge in [-0.2, -0.15) is 0 Å². The largest absolute Gasteiger partial charge is 0.369 e. The van der Waals surface area contributed by atoms with Gasteiger partial charge in [0.1, 0.15) is 21.9 Å². The van der Waals surface area contributed by atoms with Gasteiger partial charge in [-0.05, 0) is 49.6 Å². The number of ether oxygens (including phenoxy) is 1. The van der Waals surface area contributed by atoms with Crippen molar-refractivity contribution in [3.05, 3.63) is 57.1 Å². The molecule has 3 atom stereocenters. The van der Waals surface area contributed by atoms with Crippen LogP contribution >= 0.6 is 46.4 Å². The van der Waals surface area contributed by atoms with Crippen LogP contribution in [0, 0.1) is 17.6 Å². The number of amides is 2. The lowest BCUT2D eigenvalue weighted by atomic mass is 10.0. The fourth-order valence-electron chi connectivity index (χ4n) is 3.70. The summed E-state index contributed by atoms with van der Waals surface area (Å²) in [5.74, 6) is -5.13. The monoisotopic (exact) mass is 552 g/mol. The first kappa shape index (κ1) is 27.0. The highest BCUT2D eigenvalue weighted by atomic mass is 35.5. The second-order valence-electron chi connectivity index (χ2n) is 7.82. The zero-order chi connectivity index (χ0) is 25.4. The van der Waals surface area contributed by atoms with E-state index in [0.717, 1.165) is 17.7 Å². The molecule has 2 aromatic rings. The van der Waals surface area contributed by atoms with E-state index >= 15 is 0 Å². The average Bonchev–Trinajstić information content (AvgIpc) is 3.36. The van der Waals surface area contributed by atoms with E-state index in [2.05, 4.69) is 10.6 Å². The summed E-state index contributed by atoms with van der Waals surface area (Å²) in [7, 11) is 0. The number of anilines is 2. The fraction of sp³-hybridized carbons (Fsp3) is 0.391. The molecule has 1 saturated carbocycles.